The van der Waals surface area contributed by atoms with Gasteiger partial charge in [-0.2, -0.15) is 36.1 Å². The Labute approximate surface area is 202 Å². The molecule has 3 heterocycles. The maximum Gasteiger partial charge on any atom is 0.416 e. The lowest BCUT2D eigenvalue weighted by Gasteiger charge is -2.14. The lowest BCUT2D eigenvalue weighted by molar-refractivity contribution is -0.143. The van der Waals surface area contributed by atoms with Crippen LogP contribution >= 0.6 is 11.3 Å². The zero-order chi connectivity index (χ0) is 26.3. The van der Waals surface area contributed by atoms with Gasteiger partial charge in [-0.25, -0.2) is 4.98 Å². The Morgan fingerprint density at radius 2 is 1.72 bits per heavy atom. The summed E-state index contributed by atoms with van der Waals surface area (Å²) in [6.45, 7) is 1.75. The first-order chi connectivity index (χ1) is 16.8. The Hall–Kier alpha value is -3.94. The number of halogens is 6. The number of amides is 1. The summed E-state index contributed by atoms with van der Waals surface area (Å²) in [7, 11) is 0. The zero-order valence-corrected chi connectivity index (χ0v) is 19.0. The molecule has 2 N–H and O–H groups in total. The minimum Gasteiger partial charge on any atom is -0.306 e. The molecule has 0 unspecified atom stereocenters. The summed E-state index contributed by atoms with van der Waals surface area (Å²) in [5, 5.41) is 8.37. The van der Waals surface area contributed by atoms with Crippen molar-refractivity contribution in [1.82, 2.24) is 19.7 Å². The van der Waals surface area contributed by atoms with Crippen LogP contribution in [0.4, 0.5) is 32.2 Å². The minimum absolute atomic E-state index is 0.0686. The maximum absolute atomic E-state index is 13.2. The molecule has 0 bridgehead atoms. The van der Waals surface area contributed by atoms with E-state index in [9.17, 15) is 35.9 Å². The summed E-state index contributed by atoms with van der Waals surface area (Å²) in [6, 6.07) is 6.64. The standard InChI is InChI=1S/C22H15F6N5O2S/c1-2-14-9-18(34)31-20(29-14)33-17(10-15(32-33)16-4-3-5-36-16)30-19(35)11-6-12(21(23,24)25)8-13(7-11)22(26,27)28/h3-10H,2H2,1H3,(H,30,35)(H,29,31,34). The van der Waals surface area contributed by atoms with E-state index in [0.29, 0.717) is 34.8 Å². The van der Waals surface area contributed by atoms with E-state index in [0.717, 1.165) is 4.68 Å². The van der Waals surface area contributed by atoms with Gasteiger partial charge in [-0.1, -0.05) is 13.0 Å². The molecule has 0 fully saturated rings. The van der Waals surface area contributed by atoms with E-state index in [2.05, 4.69) is 20.4 Å². The van der Waals surface area contributed by atoms with Crippen molar-refractivity contribution in [2.24, 2.45) is 0 Å². The summed E-state index contributed by atoms with van der Waals surface area (Å²) >= 11 is 1.30. The first-order valence-corrected chi connectivity index (χ1v) is 11.1. The number of alkyl halides is 6. The quantitative estimate of drug-likeness (QED) is 0.334. The lowest BCUT2D eigenvalue weighted by atomic mass is 10.0. The highest BCUT2D eigenvalue weighted by atomic mass is 32.1. The fourth-order valence-electron chi connectivity index (χ4n) is 3.23. The Kier molecular flexibility index (Phi) is 6.47. The second-order valence-corrected chi connectivity index (χ2v) is 8.41. The number of hydrogen-bond acceptors (Lipinski definition) is 5. The molecular weight excluding hydrogens is 512 g/mol. The predicted octanol–water partition coefficient (Wildman–Crippen LogP) is 5.54. The van der Waals surface area contributed by atoms with Crippen LogP contribution in [0.1, 0.15) is 34.1 Å². The lowest BCUT2D eigenvalue weighted by Crippen LogP contribution is -2.20. The molecule has 0 radical (unpaired) electrons. The third-order valence-corrected chi connectivity index (χ3v) is 5.81. The van der Waals surface area contributed by atoms with Gasteiger partial charge in [0.05, 0.1) is 16.0 Å². The molecule has 1 amide bonds. The van der Waals surface area contributed by atoms with E-state index in [4.69, 9.17) is 0 Å². The summed E-state index contributed by atoms with van der Waals surface area (Å²) in [5.41, 5.74) is -3.92. The molecule has 1 aromatic carbocycles. The highest BCUT2D eigenvalue weighted by Crippen LogP contribution is 2.36. The smallest absolute Gasteiger partial charge is 0.306 e. The van der Waals surface area contributed by atoms with Gasteiger partial charge in [-0.05, 0) is 36.1 Å². The zero-order valence-electron chi connectivity index (χ0n) is 18.2. The number of aryl methyl sites for hydroxylation is 1. The number of aromatic amines is 1. The number of carbonyl (C=O) groups is 1. The average Bonchev–Trinajstić information content (AvgIpc) is 3.47. The molecule has 0 saturated carbocycles. The van der Waals surface area contributed by atoms with Crippen molar-refractivity contribution >= 4 is 23.1 Å². The van der Waals surface area contributed by atoms with Crippen LogP contribution in [0, 0.1) is 0 Å². The molecule has 0 aliphatic heterocycles. The molecule has 4 aromatic rings. The highest BCUT2D eigenvalue weighted by molar-refractivity contribution is 7.13. The van der Waals surface area contributed by atoms with Crippen LogP contribution in [0.5, 0.6) is 0 Å². The van der Waals surface area contributed by atoms with Crippen LogP contribution in [0.2, 0.25) is 0 Å². The number of nitrogens with one attached hydrogen (secondary N) is 2. The molecule has 4 rings (SSSR count). The Morgan fingerprint density at radius 3 is 2.28 bits per heavy atom. The van der Waals surface area contributed by atoms with E-state index < -0.39 is 40.5 Å². The summed E-state index contributed by atoms with van der Waals surface area (Å²) in [4.78, 5) is 32.3. The summed E-state index contributed by atoms with van der Waals surface area (Å²) in [5.74, 6) is -1.48. The number of carbonyl (C=O) groups excluding carboxylic acids is 1. The van der Waals surface area contributed by atoms with Crippen molar-refractivity contribution in [1.29, 1.82) is 0 Å². The van der Waals surface area contributed by atoms with Gasteiger partial charge < -0.3 is 5.32 Å². The molecule has 0 saturated heterocycles. The van der Waals surface area contributed by atoms with Crippen LogP contribution in [0.15, 0.2) is 52.6 Å². The molecule has 0 atom stereocenters. The number of hydrogen-bond donors (Lipinski definition) is 2. The van der Waals surface area contributed by atoms with Crippen LogP contribution in [-0.2, 0) is 18.8 Å². The van der Waals surface area contributed by atoms with Gasteiger partial charge in [-0.15, -0.1) is 11.3 Å². The molecular formula is C22H15F6N5O2S. The van der Waals surface area contributed by atoms with E-state index in [-0.39, 0.29) is 17.8 Å². The van der Waals surface area contributed by atoms with Gasteiger partial charge in [0.15, 0.2) is 0 Å². The monoisotopic (exact) mass is 527 g/mol. The van der Waals surface area contributed by atoms with Gasteiger partial charge in [0, 0.05) is 23.4 Å². The molecule has 0 aliphatic carbocycles. The van der Waals surface area contributed by atoms with E-state index in [1.807, 2.05) is 0 Å². The molecule has 0 spiro atoms. The highest BCUT2D eigenvalue weighted by Gasteiger charge is 2.37. The van der Waals surface area contributed by atoms with E-state index in [1.54, 1.807) is 24.4 Å². The van der Waals surface area contributed by atoms with E-state index in [1.165, 1.54) is 23.5 Å². The number of rotatable bonds is 5. The predicted molar refractivity (Wildman–Crippen MR) is 119 cm³/mol. The molecule has 14 heteroatoms. The van der Waals surface area contributed by atoms with Crippen molar-refractivity contribution in [2.45, 2.75) is 25.7 Å². The Morgan fingerprint density at radius 1 is 1.06 bits per heavy atom. The topological polar surface area (TPSA) is 92.7 Å². The fourth-order valence-corrected chi connectivity index (χ4v) is 3.91. The summed E-state index contributed by atoms with van der Waals surface area (Å²) < 4.78 is 80.4. The Bertz CT molecular complexity index is 1440. The number of aromatic nitrogens is 4. The number of H-pyrrole nitrogens is 1. The molecule has 36 heavy (non-hydrogen) atoms. The number of anilines is 1. The molecule has 0 aliphatic rings. The second-order valence-electron chi connectivity index (χ2n) is 7.47. The van der Waals surface area contributed by atoms with Gasteiger partial charge in [0.25, 0.3) is 11.5 Å². The number of thiophene rings is 1. The van der Waals surface area contributed by atoms with Crippen molar-refractivity contribution in [3.8, 4) is 16.5 Å². The van der Waals surface area contributed by atoms with Gasteiger partial charge in [-0.3, -0.25) is 14.6 Å². The SMILES string of the molecule is CCc1cc(=O)[nH]c(-n2nc(-c3cccs3)cc2NC(=O)c2cc(C(F)(F)F)cc(C(F)(F)F)c2)n1. The van der Waals surface area contributed by atoms with Crippen molar-refractivity contribution < 1.29 is 31.1 Å². The fraction of sp³-hybridized carbons (Fsp3) is 0.182. The molecule has 7 nitrogen and oxygen atoms in total. The number of nitrogens with zero attached hydrogens (tertiary/aromatic N) is 3. The maximum atomic E-state index is 13.2. The van der Waals surface area contributed by atoms with Gasteiger partial charge in [0.1, 0.15) is 11.5 Å². The van der Waals surface area contributed by atoms with Crippen LogP contribution in [0.3, 0.4) is 0 Å². The third kappa shape index (κ3) is 5.32. The van der Waals surface area contributed by atoms with Crippen LogP contribution < -0.4 is 10.9 Å². The average molecular weight is 527 g/mol. The van der Waals surface area contributed by atoms with Gasteiger partial charge >= 0.3 is 12.4 Å². The van der Waals surface area contributed by atoms with Crippen molar-refractivity contribution in [3.63, 3.8) is 0 Å². The third-order valence-electron chi connectivity index (χ3n) is 4.92. The summed E-state index contributed by atoms with van der Waals surface area (Å²) in [6.07, 6.45) is -9.84. The first-order valence-electron chi connectivity index (χ1n) is 10.2. The van der Waals surface area contributed by atoms with Crippen molar-refractivity contribution in [3.05, 3.63) is 80.6 Å². The largest absolute Gasteiger partial charge is 0.416 e. The van der Waals surface area contributed by atoms with Crippen molar-refractivity contribution in [2.75, 3.05) is 5.32 Å². The first kappa shape index (κ1) is 25.2. The number of benzene rings is 1. The molecule has 3 aromatic heterocycles. The van der Waals surface area contributed by atoms with Crippen LogP contribution in [-0.4, -0.2) is 25.7 Å². The van der Waals surface area contributed by atoms with Crippen LogP contribution in [0.25, 0.3) is 16.5 Å². The Balaban J connectivity index is 1.81. The van der Waals surface area contributed by atoms with E-state index >= 15 is 0 Å². The normalized spacial score (nSPS) is 12.1. The second kappa shape index (κ2) is 9.26. The minimum atomic E-state index is -5.12. The molecule has 188 valence electrons. The van der Waals surface area contributed by atoms with Gasteiger partial charge in [0.2, 0.25) is 5.95 Å².